The molecule has 1 atom stereocenters. The smallest absolute Gasteiger partial charge is 0.157 e. The number of phenolic OH excluding ortho intramolecular Hbond substituents is 2. The molecule has 1 unspecified atom stereocenters. The molecule has 0 amide bonds. The van der Waals surface area contributed by atoms with Crippen LogP contribution in [0.25, 0.3) is 0 Å². The summed E-state index contributed by atoms with van der Waals surface area (Å²) in [6, 6.07) is 4.80. The number of hydrogen-bond donors (Lipinski definition) is 3. The van der Waals surface area contributed by atoms with Gasteiger partial charge in [-0.1, -0.05) is 6.07 Å². The second kappa shape index (κ2) is 5.56. The largest absolute Gasteiger partial charge is 0.504 e. The Morgan fingerprint density at radius 2 is 2.22 bits per heavy atom. The van der Waals surface area contributed by atoms with Crippen LogP contribution in [0.15, 0.2) is 18.2 Å². The van der Waals surface area contributed by atoms with E-state index in [9.17, 15) is 10.2 Å². The number of hydrogen-bond acceptors (Lipinski definition) is 5. The molecule has 100 valence electrons. The van der Waals surface area contributed by atoms with Crippen LogP contribution in [0.5, 0.6) is 11.5 Å². The van der Waals surface area contributed by atoms with Crippen molar-refractivity contribution < 1.29 is 19.7 Å². The third kappa shape index (κ3) is 2.93. The van der Waals surface area contributed by atoms with Crippen molar-refractivity contribution in [2.75, 3.05) is 26.9 Å². The molecule has 5 nitrogen and oxygen atoms in total. The van der Waals surface area contributed by atoms with Crippen LogP contribution >= 0.6 is 0 Å². The van der Waals surface area contributed by atoms with Gasteiger partial charge in [0.05, 0.1) is 6.61 Å². The van der Waals surface area contributed by atoms with Crippen molar-refractivity contribution in [2.45, 2.75) is 18.6 Å². The quantitative estimate of drug-likeness (QED) is 0.683. The molecule has 0 radical (unpaired) electrons. The van der Waals surface area contributed by atoms with E-state index < -0.39 is 0 Å². The SMILES string of the molecule is COC1(CNCc2ccc(O)c(O)c2)CCOC1. The van der Waals surface area contributed by atoms with Gasteiger partial charge in [0.1, 0.15) is 5.60 Å². The lowest BCUT2D eigenvalue weighted by Crippen LogP contribution is -2.42. The van der Waals surface area contributed by atoms with Crippen LogP contribution in [0.1, 0.15) is 12.0 Å². The summed E-state index contributed by atoms with van der Waals surface area (Å²) >= 11 is 0. The van der Waals surface area contributed by atoms with Gasteiger partial charge in [-0.2, -0.15) is 0 Å². The van der Waals surface area contributed by atoms with Crippen LogP contribution in [0.3, 0.4) is 0 Å². The Balaban J connectivity index is 1.86. The van der Waals surface area contributed by atoms with Crippen molar-refractivity contribution in [2.24, 2.45) is 0 Å². The summed E-state index contributed by atoms with van der Waals surface area (Å²) in [5, 5.41) is 21.9. The van der Waals surface area contributed by atoms with Gasteiger partial charge < -0.3 is 25.0 Å². The maximum atomic E-state index is 9.39. The molecule has 1 aromatic rings. The predicted octanol–water partition coefficient (Wildman–Crippen LogP) is 0.993. The van der Waals surface area contributed by atoms with Gasteiger partial charge in [0.25, 0.3) is 0 Å². The second-order valence-corrected chi connectivity index (χ2v) is 4.62. The highest BCUT2D eigenvalue weighted by atomic mass is 16.5. The first-order valence-corrected chi connectivity index (χ1v) is 6.00. The van der Waals surface area contributed by atoms with Crippen LogP contribution in [0.2, 0.25) is 0 Å². The number of benzene rings is 1. The molecule has 2 rings (SSSR count). The number of rotatable bonds is 5. The Bertz CT molecular complexity index is 402. The Morgan fingerprint density at radius 3 is 2.83 bits per heavy atom. The van der Waals surface area contributed by atoms with Crippen LogP contribution in [0.4, 0.5) is 0 Å². The molecule has 0 spiro atoms. The lowest BCUT2D eigenvalue weighted by atomic mass is 10.0. The Kier molecular flexibility index (Phi) is 4.06. The van der Waals surface area contributed by atoms with E-state index in [1.54, 1.807) is 19.2 Å². The van der Waals surface area contributed by atoms with Crippen LogP contribution in [-0.4, -0.2) is 42.7 Å². The van der Waals surface area contributed by atoms with Crippen LogP contribution < -0.4 is 5.32 Å². The first-order chi connectivity index (χ1) is 8.65. The number of phenols is 2. The fraction of sp³-hybridized carbons (Fsp3) is 0.538. The minimum Gasteiger partial charge on any atom is -0.504 e. The van der Waals surface area contributed by atoms with E-state index >= 15 is 0 Å². The summed E-state index contributed by atoms with van der Waals surface area (Å²) in [4.78, 5) is 0. The number of aromatic hydroxyl groups is 2. The normalized spacial score (nSPS) is 23.4. The Hall–Kier alpha value is -1.30. The van der Waals surface area contributed by atoms with Gasteiger partial charge in [-0.25, -0.2) is 0 Å². The highest BCUT2D eigenvalue weighted by molar-refractivity contribution is 5.40. The van der Waals surface area contributed by atoms with Crippen molar-refractivity contribution in [3.8, 4) is 11.5 Å². The minimum absolute atomic E-state index is 0.0973. The van der Waals surface area contributed by atoms with Gasteiger partial charge in [0.15, 0.2) is 11.5 Å². The topological polar surface area (TPSA) is 71.0 Å². The summed E-state index contributed by atoms with van der Waals surface area (Å²) in [6.45, 7) is 2.65. The minimum atomic E-state index is -0.237. The van der Waals surface area contributed by atoms with Gasteiger partial charge in [-0.15, -0.1) is 0 Å². The lowest BCUT2D eigenvalue weighted by Gasteiger charge is -2.26. The van der Waals surface area contributed by atoms with Gasteiger partial charge >= 0.3 is 0 Å². The Labute approximate surface area is 106 Å². The molecule has 1 fully saturated rings. The van der Waals surface area contributed by atoms with Gasteiger partial charge in [0.2, 0.25) is 0 Å². The van der Waals surface area contributed by atoms with Crippen LogP contribution in [-0.2, 0) is 16.0 Å². The summed E-state index contributed by atoms with van der Waals surface area (Å²) in [5.74, 6) is -0.198. The van der Waals surface area contributed by atoms with E-state index in [2.05, 4.69) is 5.32 Å². The van der Waals surface area contributed by atoms with Gasteiger partial charge in [-0.05, 0) is 17.7 Å². The molecule has 1 aliphatic rings. The van der Waals surface area contributed by atoms with Crippen molar-refractivity contribution in [3.05, 3.63) is 23.8 Å². The molecule has 3 N–H and O–H groups in total. The zero-order chi connectivity index (χ0) is 13.0. The number of methoxy groups -OCH3 is 1. The highest BCUT2D eigenvalue weighted by Gasteiger charge is 2.34. The van der Waals surface area contributed by atoms with E-state index in [0.29, 0.717) is 19.7 Å². The predicted molar refractivity (Wildman–Crippen MR) is 66.7 cm³/mol. The number of ether oxygens (including phenoxy) is 2. The molecule has 0 saturated carbocycles. The molecular weight excluding hydrogens is 234 g/mol. The Morgan fingerprint density at radius 1 is 1.39 bits per heavy atom. The number of nitrogens with one attached hydrogen (secondary N) is 1. The van der Waals surface area contributed by atoms with E-state index in [0.717, 1.165) is 18.6 Å². The van der Waals surface area contributed by atoms with E-state index in [-0.39, 0.29) is 17.1 Å². The second-order valence-electron chi connectivity index (χ2n) is 4.62. The lowest BCUT2D eigenvalue weighted by molar-refractivity contribution is -0.0159. The average molecular weight is 253 g/mol. The molecule has 18 heavy (non-hydrogen) atoms. The maximum absolute atomic E-state index is 9.39. The molecule has 0 bridgehead atoms. The first kappa shape index (κ1) is 13.1. The van der Waals surface area contributed by atoms with E-state index in [1.807, 2.05) is 0 Å². The maximum Gasteiger partial charge on any atom is 0.157 e. The van der Waals surface area contributed by atoms with Crippen molar-refractivity contribution in [1.29, 1.82) is 0 Å². The third-order valence-corrected chi connectivity index (χ3v) is 3.32. The summed E-state index contributed by atoms with van der Waals surface area (Å²) in [7, 11) is 1.70. The zero-order valence-electron chi connectivity index (χ0n) is 10.5. The van der Waals surface area contributed by atoms with Crippen LogP contribution in [0, 0.1) is 0 Å². The zero-order valence-corrected chi connectivity index (χ0v) is 10.5. The summed E-state index contributed by atoms with van der Waals surface area (Å²) in [5.41, 5.74) is 0.675. The van der Waals surface area contributed by atoms with Crippen molar-refractivity contribution in [1.82, 2.24) is 5.32 Å². The van der Waals surface area contributed by atoms with E-state index in [4.69, 9.17) is 9.47 Å². The molecule has 1 aromatic carbocycles. The van der Waals surface area contributed by atoms with E-state index in [1.165, 1.54) is 6.07 Å². The molecule has 0 aliphatic carbocycles. The van der Waals surface area contributed by atoms with Gasteiger partial charge in [-0.3, -0.25) is 0 Å². The highest BCUT2D eigenvalue weighted by Crippen LogP contribution is 2.25. The molecular formula is C13H19NO4. The van der Waals surface area contributed by atoms with Crippen molar-refractivity contribution >= 4 is 0 Å². The average Bonchev–Trinajstić information content (AvgIpc) is 2.83. The molecule has 5 heteroatoms. The fourth-order valence-corrected chi connectivity index (χ4v) is 2.07. The summed E-state index contributed by atoms with van der Waals surface area (Å²) in [6.07, 6.45) is 0.886. The fourth-order valence-electron chi connectivity index (χ4n) is 2.07. The molecule has 1 aliphatic heterocycles. The third-order valence-electron chi connectivity index (χ3n) is 3.32. The first-order valence-electron chi connectivity index (χ1n) is 6.00. The molecule has 0 aromatic heterocycles. The molecule has 1 saturated heterocycles. The molecule has 1 heterocycles. The van der Waals surface area contributed by atoms with Gasteiger partial charge in [0, 0.05) is 33.2 Å². The standard InChI is InChI=1S/C13H19NO4/c1-17-13(4-5-18-9-13)8-14-7-10-2-3-11(15)12(16)6-10/h2-3,6,14-16H,4-5,7-9H2,1H3. The van der Waals surface area contributed by atoms with Crippen molar-refractivity contribution in [3.63, 3.8) is 0 Å². The monoisotopic (exact) mass is 253 g/mol. The summed E-state index contributed by atoms with van der Waals surface area (Å²) < 4.78 is 10.9.